The predicted octanol–water partition coefficient (Wildman–Crippen LogP) is 1.79. The minimum atomic E-state index is -0.291. The van der Waals surface area contributed by atoms with Crippen LogP contribution in [0, 0.1) is 5.82 Å². The van der Waals surface area contributed by atoms with E-state index in [4.69, 9.17) is 5.11 Å². The molecule has 18 heavy (non-hydrogen) atoms. The molecule has 4 nitrogen and oxygen atoms in total. The van der Waals surface area contributed by atoms with E-state index in [1.165, 1.54) is 12.1 Å². The Kier molecular flexibility index (Phi) is 6.14. The second-order valence-corrected chi connectivity index (χ2v) is 4.22. The van der Waals surface area contributed by atoms with Gasteiger partial charge < -0.3 is 15.7 Å². The molecule has 0 aliphatic heterocycles. The van der Waals surface area contributed by atoms with Gasteiger partial charge in [0.25, 0.3) is 0 Å². The van der Waals surface area contributed by atoms with E-state index >= 15 is 0 Å². The molecule has 1 rings (SSSR count). The van der Waals surface area contributed by atoms with Crippen LogP contribution in [0.4, 0.5) is 9.18 Å². The maximum absolute atomic E-state index is 12.7. The van der Waals surface area contributed by atoms with Gasteiger partial charge in [-0.1, -0.05) is 12.1 Å². The van der Waals surface area contributed by atoms with Gasteiger partial charge in [-0.2, -0.15) is 0 Å². The van der Waals surface area contributed by atoms with E-state index in [1.54, 1.807) is 12.1 Å². The van der Waals surface area contributed by atoms with Crippen molar-refractivity contribution in [2.24, 2.45) is 0 Å². The molecule has 0 saturated carbocycles. The summed E-state index contributed by atoms with van der Waals surface area (Å²) in [7, 11) is 0. The number of hydrogen-bond acceptors (Lipinski definition) is 2. The van der Waals surface area contributed by atoms with Gasteiger partial charge in [-0.05, 0) is 37.5 Å². The lowest BCUT2D eigenvalue weighted by Gasteiger charge is -2.14. The van der Waals surface area contributed by atoms with Crippen molar-refractivity contribution < 1.29 is 14.3 Å². The normalized spacial score (nSPS) is 11.9. The number of aliphatic hydroxyl groups excluding tert-OH is 1. The summed E-state index contributed by atoms with van der Waals surface area (Å²) in [6.45, 7) is 2.37. The molecule has 5 heteroatoms. The SMILES string of the molecule is CC(CCCO)NC(=O)NCc1ccc(F)cc1. The van der Waals surface area contributed by atoms with Crippen LogP contribution >= 0.6 is 0 Å². The van der Waals surface area contributed by atoms with Gasteiger partial charge in [0.1, 0.15) is 5.82 Å². The molecule has 0 aliphatic carbocycles. The van der Waals surface area contributed by atoms with Crippen LogP contribution in [-0.4, -0.2) is 23.8 Å². The van der Waals surface area contributed by atoms with Crippen molar-refractivity contribution in [3.05, 3.63) is 35.6 Å². The van der Waals surface area contributed by atoms with E-state index in [-0.39, 0.29) is 24.5 Å². The minimum Gasteiger partial charge on any atom is -0.396 e. The van der Waals surface area contributed by atoms with Crippen molar-refractivity contribution in [3.8, 4) is 0 Å². The second-order valence-electron chi connectivity index (χ2n) is 4.22. The topological polar surface area (TPSA) is 61.4 Å². The number of urea groups is 1. The summed E-state index contributed by atoms with van der Waals surface area (Å²) >= 11 is 0. The molecule has 1 aromatic carbocycles. The molecule has 0 spiro atoms. The molecule has 100 valence electrons. The van der Waals surface area contributed by atoms with Gasteiger partial charge in [-0.15, -0.1) is 0 Å². The first-order valence-electron chi connectivity index (χ1n) is 6.01. The van der Waals surface area contributed by atoms with Gasteiger partial charge in [0, 0.05) is 19.2 Å². The summed E-state index contributed by atoms with van der Waals surface area (Å²) in [6.07, 6.45) is 1.40. The standard InChI is InChI=1S/C13H19FN2O2/c1-10(3-2-8-17)16-13(18)15-9-11-4-6-12(14)7-5-11/h4-7,10,17H,2-3,8-9H2,1H3,(H2,15,16,18). The molecule has 1 unspecified atom stereocenters. The first-order valence-corrected chi connectivity index (χ1v) is 6.01. The fraction of sp³-hybridized carbons (Fsp3) is 0.462. The zero-order valence-corrected chi connectivity index (χ0v) is 10.4. The number of carbonyl (C=O) groups excluding carboxylic acids is 1. The Labute approximate surface area is 106 Å². The van der Waals surface area contributed by atoms with Gasteiger partial charge in [-0.3, -0.25) is 0 Å². The molecular formula is C13H19FN2O2. The van der Waals surface area contributed by atoms with Crippen molar-refractivity contribution in [1.29, 1.82) is 0 Å². The maximum Gasteiger partial charge on any atom is 0.315 e. The highest BCUT2D eigenvalue weighted by molar-refractivity contribution is 5.74. The lowest BCUT2D eigenvalue weighted by molar-refractivity contribution is 0.234. The third-order valence-electron chi connectivity index (χ3n) is 2.54. The summed E-state index contributed by atoms with van der Waals surface area (Å²) in [6, 6.07) is 5.74. The van der Waals surface area contributed by atoms with Crippen LogP contribution in [0.2, 0.25) is 0 Å². The predicted molar refractivity (Wildman–Crippen MR) is 67.6 cm³/mol. The van der Waals surface area contributed by atoms with Crippen molar-refractivity contribution in [1.82, 2.24) is 10.6 Å². The third-order valence-corrected chi connectivity index (χ3v) is 2.54. The van der Waals surface area contributed by atoms with Gasteiger partial charge >= 0.3 is 6.03 Å². The molecule has 0 aromatic heterocycles. The molecule has 2 amide bonds. The summed E-state index contributed by atoms with van der Waals surface area (Å²) in [4.78, 5) is 11.5. The molecular weight excluding hydrogens is 235 g/mol. The molecule has 0 aliphatic rings. The number of nitrogens with one attached hydrogen (secondary N) is 2. The zero-order chi connectivity index (χ0) is 13.4. The molecule has 1 atom stereocenters. The fourth-order valence-electron chi connectivity index (χ4n) is 1.53. The monoisotopic (exact) mass is 254 g/mol. The highest BCUT2D eigenvalue weighted by atomic mass is 19.1. The quantitative estimate of drug-likeness (QED) is 0.724. The number of amides is 2. The first kappa shape index (κ1) is 14.4. The number of benzene rings is 1. The van der Waals surface area contributed by atoms with E-state index in [0.29, 0.717) is 13.0 Å². The smallest absolute Gasteiger partial charge is 0.315 e. The van der Waals surface area contributed by atoms with Crippen LogP contribution in [0.3, 0.4) is 0 Å². The minimum absolute atomic E-state index is 0.0189. The summed E-state index contributed by atoms with van der Waals surface area (Å²) in [5, 5.41) is 14.1. The highest BCUT2D eigenvalue weighted by Gasteiger charge is 2.06. The van der Waals surface area contributed by atoms with Crippen LogP contribution in [0.1, 0.15) is 25.3 Å². The van der Waals surface area contributed by atoms with Gasteiger partial charge in [0.05, 0.1) is 0 Å². The van der Waals surface area contributed by atoms with Gasteiger partial charge in [0.2, 0.25) is 0 Å². The lowest BCUT2D eigenvalue weighted by Crippen LogP contribution is -2.40. The molecule has 0 heterocycles. The Morgan fingerprint density at radius 2 is 2.06 bits per heavy atom. The summed E-state index contributed by atoms with van der Waals surface area (Å²) in [5.41, 5.74) is 0.842. The number of rotatable bonds is 6. The second kappa shape index (κ2) is 7.66. The molecule has 0 fully saturated rings. The van der Waals surface area contributed by atoms with Crippen LogP contribution < -0.4 is 10.6 Å². The maximum atomic E-state index is 12.7. The lowest BCUT2D eigenvalue weighted by atomic mass is 10.2. The van der Waals surface area contributed by atoms with Crippen LogP contribution in [-0.2, 0) is 6.54 Å². The van der Waals surface area contributed by atoms with Crippen LogP contribution in [0.5, 0.6) is 0 Å². The zero-order valence-electron chi connectivity index (χ0n) is 10.4. The highest BCUT2D eigenvalue weighted by Crippen LogP contribution is 2.02. The van der Waals surface area contributed by atoms with Crippen molar-refractivity contribution in [2.45, 2.75) is 32.4 Å². The Morgan fingerprint density at radius 3 is 2.67 bits per heavy atom. The van der Waals surface area contributed by atoms with Crippen LogP contribution in [0.25, 0.3) is 0 Å². The summed E-state index contributed by atoms with van der Waals surface area (Å²) in [5.74, 6) is -0.291. The van der Waals surface area contributed by atoms with E-state index in [2.05, 4.69) is 10.6 Å². The van der Waals surface area contributed by atoms with E-state index in [1.807, 2.05) is 6.92 Å². The molecule has 0 radical (unpaired) electrons. The van der Waals surface area contributed by atoms with Crippen molar-refractivity contribution >= 4 is 6.03 Å². The Hall–Kier alpha value is -1.62. The molecule has 3 N–H and O–H groups in total. The van der Waals surface area contributed by atoms with E-state index in [9.17, 15) is 9.18 Å². The largest absolute Gasteiger partial charge is 0.396 e. The molecule has 0 saturated heterocycles. The van der Waals surface area contributed by atoms with Gasteiger partial charge in [-0.25, -0.2) is 9.18 Å². The number of carbonyl (C=O) groups is 1. The molecule has 1 aromatic rings. The van der Waals surface area contributed by atoms with E-state index in [0.717, 1.165) is 12.0 Å². The van der Waals surface area contributed by atoms with Gasteiger partial charge in [0.15, 0.2) is 0 Å². The molecule has 0 bridgehead atoms. The Morgan fingerprint density at radius 1 is 1.39 bits per heavy atom. The number of hydrogen-bond donors (Lipinski definition) is 3. The average Bonchev–Trinajstić information content (AvgIpc) is 2.35. The number of aliphatic hydroxyl groups is 1. The third kappa shape index (κ3) is 5.63. The Balaban J connectivity index is 2.26. The number of halogens is 1. The van der Waals surface area contributed by atoms with E-state index < -0.39 is 0 Å². The van der Waals surface area contributed by atoms with Crippen molar-refractivity contribution in [3.63, 3.8) is 0 Å². The van der Waals surface area contributed by atoms with Crippen molar-refractivity contribution in [2.75, 3.05) is 6.61 Å². The average molecular weight is 254 g/mol. The first-order chi connectivity index (χ1) is 8.61. The Bertz CT molecular complexity index is 368. The fourth-order valence-corrected chi connectivity index (χ4v) is 1.53. The van der Waals surface area contributed by atoms with Crippen LogP contribution in [0.15, 0.2) is 24.3 Å². The summed E-state index contributed by atoms with van der Waals surface area (Å²) < 4.78 is 12.7.